The zero-order valence-corrected chi connectivity index (χ0v) is 31.9. The van der Waals surface area contributed by atoms with Crippen molar-refractivity contribution >= 4 is 58.1 Å². The highest BCUT2D eigenvalue weighted by Gasteiger charge is 2.46. The quantitative estimate of drug-likeness (QED) is 0.246. The molecule has 2 atom stereocenters. The Hall–Kier alpha value is -4.99. The fraction of sp³-hybridized carbons (Fsp3) is 0.476. The number of nitrogens with zero attached hydrogens (tertiary/aromatic N) is 7. The summed E-state index contributed by atoms with van der Waals surface area (Å²) in [5, 5.41) is 2.78. The summed E-state index contributed by atoms with van der Waals surface area (Å²) in [5.41, 5.74) is 5.90. The molecular weight excluding hydrogens is 716 g/mol. The summed E-state index contributed by atoms with van der Waals surface area (Å²) in [6, 6.07) is 13.4. The van der Waals surface area contributed by atoms with Crippen molar-refractivity contribution in [3.8, 4) is 0 Å². The zero-order chi connectivity index (χ0) is 38.0. The molecule has 6 aliphatic rings. The van der Waals surface area contributed by atoms with E-state index in [0.29, 0.717) is 33.8 Å². The highest BCUT2D eigenvalue weighted by molar-refractivity contribution is 6.33. The molecule has 1 spiro atoms. The minimum atomic E-state index is -0.947. The first kappa shape index (κ1) is 35.7. The number of piperidine rings is 3. The highest BCUT2D eigenvalue weighted by Crippen LogP contribution is 2.46. The van der Waals surface area contributed by atoms with Crippen molar-refractivity contribution in [1.82, 2.24) is 20.1 Å². The Bertz CT molecular complexity index is 2070. The SMILES string of the molecule is [C-]#[N+]c1ccc(N2CC3(CCN(c4ccc(N5CCC(CN6Cc7cc8c(cc7C6)C(=O)N(C6CCC(=O)NC6=O)C8=O)CC5)cn4)CC3)C[C@@H]2C)cc1Cl. The molecule has 1 aromatic heterocycles. The summed E-state index contributed by atoms with van der Waals surface area (Å²) >= 11 is 6.39. The molecule has 12 nitrogen and oxygen atoms in total. The summed E-state index contributed by atoms with van der Waals surface area (Å²) in [6.45, 7) is 17.0. The van der Waals surface area contributed by atoms with Gasteiger partial charge in [0.05, 0.1) is 29.6 Å². The number of halogens is 1. The number of imide groups is 2. The summed E-state index contributed by atoms with van der Waals surface area (Å²) in [6.07, 6.45) is 7.89. The number of carbonyl (C=O) groups is 4. The second-order valence-corrected chi connectivity index (χ2v) is 16.9. The molecule has 284 valence electrons. The molecule has 1 unspecified atom stereocenters. The molecule has 7 heterocycles. The Morgan fingerprint density at radius 2 is 1.58 bits per heavy atom. The van der Waals surface area contributed by atoms with Crippen LogP contribution in [0.15, 0.2) is 48.7 Å². The normalized spacial score (nSPS) is 24.1. The van der Waals surface area contributed by atoms with Crippen LogP contribution in [-0.2, 0) is 22.7 Å². The lowest BCUT2D eigenvalue weighted by molar-refractivity contribution is -0.136. The Morgan fingerprint density at radius 1 is 0.891 bits per heavy atom. The van der Waals surface area contributed by atoms with Gasteiger partial charge in [0.15, 0.2) is 0 Å². The van der Waals surface area contributed by atoms with Gasteiger partial charge in [-0.25, -0.2) is 9.83 Å². The van der Waals surface area contributed by atoms with Gasteiger partial charge in [0.1, 0.15) is 11.9 Å². The first-order chi connectivity index (χ1) is 26.6. The van der Waals surface area contributed by atoms with Gasteiger partial charge in [0.25, 0.3) is 11.8 Å². The van der Waals surface area contributed by atoms with Crippen molar-refractivity contribution in [2.45, 2.75) is 77.0 Å². The predicted molar refractivity (Wildman–Crippen MR) is 209 cm³/mol. The van der Waals surface area contributed by atoms with Crippen molar-refractivity contribution in [1.29, 1.82) is 0 Å². The number of carbonyl (C=O) groups excluding carboxylic acids is 4. The summed E-state index contributed by atoms with van der Waals surface area (Å²) in [5.74, 6) is -0.261. The van der Waals surface area contributed by atoms with Crippen LogP contribution in [0.2, 0.25) is 5.02 Å². The van der Waals surface area contributed by atoms with Gasteiger partial charge in [0.2, 0.25) is 17.5 Å². The van der Waals surface area contributed by atoms with Gasteiger partial charge in [-0.3, -0.25) is 34.3 Å². The Balaban J connectivity index is 0.750. The standard InChI is InChI=1S/C42H45ClN8O4/c1-26-20-42(25-50(26)30-3-5-35(44-2)34(43)19-30)11-15-49(16-12-42)37-7-4-31(21-45-37)48-13-9-27(10-14-48)22-47-23-28-17-32-33(18-29(28)24-47)41(55)51(40(32)54)36-6-8-38(52)46-39(36)53/h3-5,7,17-19,21,26-27,36H,6,8-16,20,22-25H2,1H3,(H,46,52,53)/t26-,36?/m0/s1. The fourth-order valence-electron chi connectivity index (χ4n) is 10.1. The van der Waals surface area contributed by atoms with Gasteiger partial charge in [-0.1, -0.05) is 17.7 Å². The van der Waals surface area contributed by atoms with Crippen LogP contribution in [0.25, 0.3) is 4.85 Å². The molecule has 4 fully saturated rings. The van der Waals surface area contributed by atoms with Gasteiger partial charge in [0, 0.05) is 75.5 Å². The summed E-state index contributed by atoms with van der Waals surface area (Å²) in [4.78, 5) is 69.9. The molecule has 3 aromatic rings. The lowest BCUT2D eigenvalue weighted by Gasteiger charge is -2.40. The third-order valence-electron chi connectivity index (χ3n) is 13.1. The number of amides is 4. The summed E-state index contributed by atoms with van der Waals surface area (Å²) < 4.78 is 0. The van der Waals surface area contributed by atoms with Crippen molar-refractivity contribution in [2.24, 2.45) is 11.3 Å². The Kier molecular flexibility index (Phi) is 9.05. The number of fused-ring (bicyclic) bond motifs is 2. The smallest absolute Gasteiger partial charge is 0.262 e. The van der Waals surface area contributed by atoms with Gasteiger partial charge in [-0.2, -0.15) is 0 Å². The number of benzene rings is 2. The molecule has 2 aromatic carbocycles. The third-order valence-corrected chi connectivity index (χ3v) is 13.4. The maximum atomic E-state index is 13.3. The monoisotopic (exact) mass is 760 g/mol. The van der Waals surface area contributed by atoms with E-state index in [2.05, 4.69) is 48.8 Å². The predicted octanol–water partition coefficient (Wildman–Crippen LogP) is 5.80. The van der Waals surface area contributed by atoms with E-state index in [1.807, 2.05) is 36.5 Å². The highest BCUT2D eigenvalue weighted by atomic mass is 35.5. The topological polar surface area (TPSA) is 114 Å². The van der Waals surface area contributed by atoms with Crippen molar-refractivity contribution in [3.63, 3.8) is 0 Å². The molecule has 6 aliphatic heterocycles. The maximum absolute atomic E-state index is 13.3. The number of rotatable bonds is 6. The van der Waals surface area contributed by atoms with E-state index < -0.39 is 23.8 Å². The lowest BCUT2D eigenvalue weighted by atomic mass is 9.77. The van der Waals surface area contributed by atoms with E-state index in [1.165, 1.54) is 5.69 Å². The number of anilines is 3. The van der Waals surface area contributed by atoms with Crippen molar-refractivity contribution < 1.29 is 19.2 Å². The van der Waals surface area contributed by atoms with Crippen LogP contribution < -0.4 is 20.0 Å². The van der Waals surface area contributed by atoms with E-state index in [4.69, 9.17) is 23.2 Å². The average Bonchev–Trinajstić information content (AvgIpc) is 3.81. The van der Waals surface area contributed by atoms with Gasteiger partial charge in [-0.15, -0.1) is 0 Å². The molecule has 55 heavy (non-hydrogen) atoms. The molecule has 0 radical (unpaired) electrons. The zero-order valence-electron chi connectivity index (χ0n) is 31.1. The third kappa shape index (κ3) is 6.51. The fourth-order valence-corrected chi connectivity index (χ4v) is 10.3. The molecule has 0 saturated carbocycles. The summed E-state index contributed by atoms with van der Waals surface area (Å²) in [7, 11) is 0. The van der Waals surface area contributed by atoms with Gasteiger partial charge in [-0.05, 0) is 104 Å². The molecule has 4 amide bonds. The van der Waals surface area contributed by atoms with E-state index in [1.54, 1.807) is 0 Å². The minimum Gasteiger partial charge on any atom is -0.370 e. The van der Waals surface area contributed by atoms with Crippen LogP contribution in [0, 0.1) is 17.9 Å². The molecule has 0 aliphatic carbocycles. The van der Waals surface area contributed by atoms with Crippen LogP contribution in [0.5, 0.6) is 0 Å². The minimum absolute atomic E-state index is 0.109. The van der Waals surface area contributed by atoms with Crippen molar-refractivity contribution in [2.75, 3.05) is 54.0 Å². The Labute approximate surface area is 326 Å². The van der Waals surface area contributed by atoms with Crippen molar-refractivity contribution in [3.05, 3.63) is 87.4 Å². The molecule has 13 heteroatoms. The lowest BCUT2D eigenvalue weighted by Crippen LogP contribution is -2.54. The van der Waals surface area contributed by atoms with Crippen LogP contribution in [0.1, 0.15) is 83.7 Å². The van der Waals surface area contributed by atoms with E-state index in [0.717, 1.165) is 112 Å². The number of hydrogen-bond acceptors (Lipinski definition) is 9. The van der Waals surface area contributed by atoms with Gasteiger partial charge < -0.3 is 14.7 Å². The number of hydrogen-bond donors (Lipinski definition) is 1. The number of nitrogens with one attached hydrogen (secondary N) is 1. The van der Waals surface area contributed by atoms with E-state index >= 15 is 0 Å². The first-order valence-corrected chi connectivity index (χ1v) is 20.0. The number of aromatic nitrogens is 1. The molecule has 4 saturated heterocycles. The largest absolute Gasteiger partial charge is 0.370 e. The first-order valence-electron chi connectivity index (χ1n) is 19.6. The molecule has 0 bridgehead atoms. The van der Waals surface area contributed by atoms with E-state index in [-0.39, 0.29) is 24.2 Å². The maximum Gasteiger partial charge on any atom is 0.262 e. The second-order valence-electron chi connectivity index (χ2n) is 16.5. The average molecular weight is 761 g/mol. The second kappa shape index (κ2) is 13.9. The van der Waals surface area contributed by atoms with Crippen LogP contribution in [-0.4, -0.2) is 89.8 Å². The van der Waals surface area contributed by atoms with Crippen LogP contribution >= 0.6 is 11.6 Å². The van der Waals surface area contributed by atoms with Crippen LogP contribution in [0.3, 0.4) is 0 Å². The van der Waals surface area contributed by atoms with Crippen LogP contribution in [0.4, 0.5) is 22.9 Å². The molecule has 1 N–H and O–H groups in total. The van der Waals surface area contributed by atoms with Gasteiger partial charge >= 0.3 is 0 Å². The molecular formula is C42H45ClN8O4. The molecule has 9 rings (SSSR count). The Morgan fingerprint density at radius 3 is 2.20 bits per heavy atom. The number of pyridine rings is 1. The van der Waals surface area contributed by atoms with E-state index in [9.17, 15) is 19.2 Å².